The van der Waals surface area contributed by atoms with Crippen LogP contribution in [-0.4, -0.2) is 118 Å². The van der Waals surface area contributed by atoms with Gasteiger partial charge in [0.05, 0.1) is 18.4 Å². The lowest BCUT2D eigenvalue weighted by Gasteiger charge is -2.58. The predicted octanol–water partition coefficient (Wildman–Crippen LogP) is 15.4. The van der Waals surface area contributed by atoms with E-state index in [1.807, 2.05) is 13.8 Å². The third kappa shape index (κ3) is 17.3. The van der Waals surface area contributed by atoms with E-state index >= 15 is 0 Å². The Kier molecular flexibility index (Phi) is 24.6. The van der Waals surface area contributed by atoms with E-state index in [2.05, 4.69) is 99.5 Å². The molecule has 0 radical (unpaired) electrons. The first-order valence-corrected chi connectivity index (χ1v) is 42.0. The summed E-state index contributed by atoms with van der Waals surface area (Å²) < 4.78 is 152. The van der Waals surface area contributed by atoms with Crippen LogP contribution in [0.3, 0.4) is 0 Å². The Balaban J connectivity index is 0.000000166. The first-order valence-electron chi connectivity index (χ1n) is 36.1. The maximum absolute atomic E-state index is 13.8. The van der Waals surface area contributed by atoms with E-state index in [4.69, 9.17) is 0 Å². The van der Waals surface area contributed by atoms with Crippen molar-refractivity contribution >= 4 is 77.1 Å². The van der Waals surface area contributed by atoms with Gasteiger partial charge in [-0.25, -0.2) is 16.8 Å². The molecule has 9 aliphatic carbocycles. The Hall–Kier alpha value is -3.84. The summed E-state index contributed by atoms with van der Waals surface area (Å²) in [7, 11) is -11.6. The largest absolute Gasteiger partial charge is 0.743 e. The monoisotopic (exact) mass is 1470 g/mol. The van der Waals surface area contributed by atoms with Crippen molar-refractivity contribution in [2.75, 3.05) is 36.2 Å². The van der Waals surface area contributed by atoms with Gasteiger partial charge >= 0.3 is 28.4 Å². The number of alkyl halides is 6. The molecular weight excluding hydrogens is 1370 g/mol. The SMILES string of the molecule is CC(C)(C(=O)c1ccc(C2CCCCC2)cc1)[S+]1CCCC1.CC(C)(C)c1ccc([S+]2CCCC2)cc1.C[C@H](CCC(=O)OCCC(F)(F)C(F)(F)S(=O)(=O)[O-])[C@H]1CC[C@H]2[C@@H]3C(=O)CC4CC(=O)CC[C@]4(C)[C@H]3CC(=O)[C@]12C.O=C(OCC(F)(F)S(=O)(=O)[O-])C12CC3CC(CC(C3)C1)C2. The molecule has 0 spiro atoms. The van der Waals surface area contributed by atoms with E-state index in [1.165, 1.54) is 91.9 Å². The fraction of sp³-hybridized carbons (Fsp3) is 0.760. The summed E-state index contributed by atoms with van der Waals surface area (Å²) in [6, 6.07) is 18.0. The van der Waals surface area contributed by atoms with Crippen molar-refractivity contribution in [2.24, 2.45) is 69.5 Å². The number of halogens is 6. The molecule has 2 saturated heterocycles. The summed E-state index contributed by atoms with van der Waals surface area (Å²) in [6.45, 7) is 14.2. The fourth-order valence-electron chi connectivity index (χ4n) is 19.4. The lowest BCUT2D eigenvalue weighted by Crippen LogP contribution is -2.60. The first kappa shape index (κ1) is 79.3. The van der Waals surface area contributed by atoms with Gasteiger partial charge in [0, 0.05) is 70.8 Å². The van der Waals surface area contributed by atoms with Crippen molar-refractivity contribution in [3.63, 3.8) is 0 Å². The minimum absolute atomic E-state index is 0.0346. The van der Waals surface area contributed by atoms with Crippen LogP contribution < -0.4 is 0 Å². The van der Waals surface area contributed by atoms with Crippen molar-refractivity contribution in [2.45, 2.75) is 253 Å². The molecule has 11 aliphatic rings. The summed E-state index contributed by atoms with van der Waals surface area (Å²) in [5.74, 6) is 0.349. The summed E-state index contributed by atoms with van der Waals surface area (Å²) in [6.07, 6.45) is 19.0. The van der Waals surface area contributed by atoms with Crippen molar-refractivity contribution in [3.05, 3.63) is 65.2 Å². The highest BCUT2D eigenvalue weighted by Gasteiger charge is 2.67. The highest BCUT2D eigenvalue weighted by molar-refractivity contribution is 7.99. The number of ether oxygens (including phenoxy) is 2. The number of rotatable bonds is 18. The molecule has 0 N–H and O–H groups in total. The fourth-order valence-corrected chi connectivity index (χ4v) is 25.1. The Morgan fingerprint density at radius 3 is 1.79 bits per heavy atom. The normalized spacial score (nSPS) is 30.9. The van der Waals surface area contributed by atoms with Crippen molar-refractivity contribution in [1.29, 1.82) is 0 Å². The number of fused-ring (bicyclic) bond motifs is 5. The maximum Gasteiger partial charge on any atom is 0.396 e. The molecule has 0 amide bonds. The van der Waals surface area contributed by atoms with Crippen LogP contribution in [0.4, 0.5) is 26.3 Å². The molecule has 2 aromatic carbocycles. The van der Waals surface area contributed by atoms with E-state index in [9.17, 15) is 81.1 Å². The number of ketones is 4. The van der Waals surface area contributed by atoms with Crippen LogP contribution in [0.2, 0.25) is 0 Å². The standard InChI is InChI=1S/C28H38F4O8S.C20H29OS.C14H21S.C13H18F2O5S/c1-15(4-7-23(36)40-11-10-27(29,30)28(31,32)41(37,38)39)18-5-6-19-24-20(14-22(35)26(18,19)3)25(2)9-8-17(33)12-16(25)13-21(24)34;1-20(2,22-14-6-7-15-22)19(21)18-12-10-17(11-13-18)16-8-4-3-5-9-16;1-14(2,3)12-6-8-13(9-7-12)15-10-4-5-11-15;14-13(15,21(17,18)19)7-20-11(16)12-4-8-1-9(5-12)3-10(2-8)6-12/h15-16,18-20,24H,4-14H2,1-3H3,(H,37,38,39);10-13,16H,3-9,14-15H2,1-2H3;6-9H,4-5,10-11H2,1-3H3;8-10H,1-7H2,(H,17,18,19)/q;2*+1;/p-2/t15-,16?,18-,19+,20+,24+,25+,26-;;;/m1.../s1. The average Bonchev–Trinajstić information content (AvgIpc) is 1.65. The number of hydrogen-bond donors (Lipinski definition) is 0. The Labute approximate surface area is 588 Å². The van der Waals surface area contributed by atoms with Gasteiger partial charge in [0.25, 0.3) is 0 Å². The van der Waals surface area contributed by atoms with Crippen molar-refractivity contribution in [1.82, 2.24) is 0 Å². The second-order valence-corrected chi connectivity index (χ2v) is 40.8. The minimum Gasteiger partial charge on any atom is -0.743 e. The Bertz CT molecular complexity index is 3430. The molecule has 9 saturated carbocycles. The first-order chi connectivity index (χ1) is 46.0. The van der Waals surface area contributed by atoms with E-state index in [1.54, 1.807) is 4.90 Å². The molecule has 2 aliphatic heterocycles. The third-order valence-corrected chi connectivity index (χ3v) is 32.4. The highest BCUT2D eigenvalue weighted by Crippen LogP contribution is 2.67. The molecule has 1 unspecified atom stereocenters. The molecule has 24 heteroatoms. The second-order valence-electron chi connectivity index (χ2n) is 32.8. The molecule has 99 heavy (non-hydrogen) atoms. The molecule has 8 atom stereocenters. The zero-order valence-corrected chi connectivity index (χ0v) is 62.2. The molecule has 0 aromatic heterocycles. The molecule has 11 fully saturated rings. The highest BCUT2D eigenvalue weighted by atomic mass is 32.2. The van der Waals surface area contributed by atoms with Crippen LogP contribution in [0.1, 0.15) is 243 Å². The second kappa shape index (κ2) is 30.7. The average molecular weight is 1470 g/mol. The zero-order chi connectivity index (χ0) is 72.7. The lowest BCUT2D eigenvalue weighted by atomic mass is 9.44. The number of carbonyl (C=O) groups is 6. The van der Waals surface area contributed by atoms with Gasteiger partial charge in [-0.1, -0.05) is 97.2 Å². The molecule has 4 bridgehead atoms. The summed E-state index contributed by atoms with van der Waals surface area (Å²) in [4.78, 5) is 78.3. The smallest absolute Gasteiger partial charge is 0.396 e. The maximum atomic E-state index is 13.8. The third-order valence-electron chi connectivity index (χ3n) is 25.0. The summed E-state index contributed by atoms with van der Waals surface area (Å²) >= 11 is 0. The Morgan fingerprint density at radius 1 is 0.677 bits per heavy atom. The quantitative estimate of drug-likeness (QED) is 0.0444. The number of benzene rings is 2. The Morgan fingerprint density at radius 2 is 1.24 bits per heavy atom. The van der Waals surface area contributed by atoms with E-state index in [0.717, 1.165) is 30.7 Å². The number of esters is 2. The molecule has 2 heterocycles. The van der Waals surface area contributed by atoms with Crippen LogP contribution in [0.25, 0.3) is 0 Å². The van der Waals surface area contributed by atoms with Gasteiger partial charge in [-0.15, -0.1) is 0 Å². The van der Waals surface area contributed by atoms with Crippen LogP contribution in [0.15, 0.2) is 53.4 Å². The van der Waals surface area contributed by atoms with Crippen molar-refractivity contribution < 1.29 is 90.5 Å². The molecule has 2 aromatic rings. The summed E-state index contributed by atoms with van der Waals surface area (Å²) in [5, 5.41) is -10.4. The topological polar surface area (TPSA) is 235 Å². The van der Waals surface area contributed by atoms with Gasteiger partial charge in [-0.05, 0) is 204 Å². The van der Waals surface area contributed by atoms with Gasteiger partial charge < -0.3 is 18.6 Å². The van der Waals surface area contributed by atoms with Crippen molar-refractivity contribution in [3.8, 4) is 0 Å². The van der Waals surface area contributed by atoms with Crippen LogP contribution in [0, 0.1) is 69.5 Å². The molecule has 554 valence electrons. The van der Waals surface area contributed by atoms with E-state index < -0.39 is 79.1 Å². The molecule has 13 rings (SSSR count). The molecule has 14 nitrogen and oxygen atoms in total. The summed E-state index contributed by atoms with van der Waals surface area (Å²) in [5.41, 5.74) is 2.35. The van der Waals surface area contributed by atoms with E-state index in [0.29, 0.717) is 92.2 Å². The predicted molar refractivity (Wildman–Crippen MR) is 368 cm³/mol. The van der Waals surface area contributed by atoms with E-state index in [-0.39, 0.29) is 98.6 Å². The van der Waals surface area contributed by atoms with Crippen LogP contribution >= 0.6 is 0 Å². The number of carbonyl (C=O) groups excluding carboxylic acids is 6. The van der Waals surface area contributed by atoms with Gasteiger partial charge in [-0.2, -0.15) is 26.3 Å². The zero-order valence-electron chi connectivity index (χ0n) is 58.9. The van der Waals surface area contributed by atoms with Crippen LogP contribution in [-0.2, 0) is 80.9 Å². The van der Waals surface area contributed by atoms with Gasteiger partial charge in [0.15, 0.2) is 36.5 Å². The number of Topliss-reactive ketones (excluding diaryl/α,β-unsaturated/α-hetero) is 4. The van der Waals surface area contributed by atoms with Gasteiger partial charge in [0.2, 0.25) is 5.78 Å². The minimum atomic E-state index is -6.62. The van der Waals surface area contributed by atoms with Gasteiger partial charge in [-0.3, -0.25) is 28.8 Å². The van der Waals surface area contributed by atoms with Crippen LogP contribution in [0.5, 0.6) is 0 Å². The number of hydrogen-bond acceptors (Lipinski definition) is 14. The molecular formula is C75H104F6O14S4. The lowest BCUT2D eigenvalue weighted by molar-refractivity contribution is -0.177. The van der Waals surface area contributed by atoms with Gasteiger partial charge in [0.1, 0.15) is 40.4 Å².